The van der Waals surface area contributed by atoms with Crippen LogP contribution < -0.4 is 0 Å². The van der Waals surface area contributed by atoms with Crippen molar-refractivity contribution in [1.82, 2.24) is 0 Å². The third kappa shape index (κ3) is 2.22. The molecule has 2 saturated carbocycles. The highest BCUT2D eigenvalue weighted by Gasteiger charge is 2.52. The van der Waals surface area contributed by atoms with Crippen LogP contribution in [0.5, 0.6) is 0 Å². The summed E-state index contributed by atoms with van der Waals surface area (Å²) >= 11 is 0. The van der Waals surface area contributed by atoms with Crippen molar-refractivity contribution < 1.29 is 5.11 Å². The van der Waals surface area contributed by atoms with E-state index < -0.39 is 0 Å². The molecule has 2 aliphatic carbocycles. The predicted molar refractivity (Wildman–Crippen MR) is 63.6 cm³/mol. The summed E-state index contributed by atoms with van der Waals surface area (Å²) in [5.41, 5.74) is 0.426. The Hall–Kier alpha value is -0.0400. The lowest BCUT2D eigenvalue weighted by Crippen LogP contribution is -2.33. The lowest BCUT2D eigenvalue weighted by Gasteiger charge is -2.35. The minimum absolute atomic E-state index is 0.00903. The van der Waals surface area contributed by atoms with Crippen LogP contribution >= 0.6 is 0 Å². The minimum Gasteiger partial charge on any atom is -0.393 e. The first-order valence-corrected chi connectivity index (χ1v) is 6.74. The zero-order chi connectivity index (χ0) is 11.1. The fourth-order valence-electron chi connectivity index (χ4n) is 3.58. The Balaban J connectivity index is 1.96. The fraction of sp³-hybridized carbons (Fsp3) is 1.00. The van der Waals surface area contributed by atoms with Crippen LogP contribution in [0.1, 0.15) is 59.3 Å². The van der Waals surface area contributed by atoms with Gasteiger partial charge in [0.25, 0.3) is 0 Å². The Kier molecular flexibility index (Phi) is 3.12. The second kappa shape index (κ2) is 4.08. The Morgan fingerprint density at radius 3 is 2.40 bits per heavy atom. The van der Waals surface area contributed by atoms with E-state index in [1.807, 2.05) is 0 Å². The van der Waals surface area contributed by atoms with Crippen LogP contribution in [0.4, 0.5) is 0 Å². The Labute approximate surface area is 94.3 Å². The van der Waals surface area contributed by atoms with E-state index >= 15 is 0 Å². The van der Waals surface area contributed by atoms with E-state index in [0.717, 1.165) is 5.92 Å². The summed E-state index contributed by atoms with van der Waals surface area (Å²) in [4.78, 5) is 0. The molecule has 0 spiro atoms. The van der Waals surface area contributed by atoms with Gasteiger partial charge in [0, 0.05) is 0 Å². The minimum atomic E-state index is -0.00903. The number of hydrogen-bond donors (Lipinski definition) is 1. The molecule has 0 aromatic rings. The van der Waals surface area contributed by atoms with Gasteiger partial charge >= 0.3 is 0 Å². The first-order valence-electron chi connectivity index (χ1n) is 6.74. The van der Waals surface area contributed by atoms with Crippen molar-refractivity contribution in [3.8, 4) is 0 Å². The lowest BCUT2D eigenvalue weighted by molar-refractivity contribution is 0.0223. The number of hydrogen-bond acceptors (Lipinski definition) is 1. The summed E-state index contributed by atoms with van der Waals surface area (Å²) in [6, 6.07) is 0. The zero-order valence-corrected chi connectivity index (χ0v) is 10.5. The standard InChI is InChI=1S/C14H26O/c1-4-10-7-5-6-8-11(10)13(15)12-9-14(12,2)3/h10-13,15H,4-9H2,1-3H3. The van der Waals surface area contributed by atoms with Crippen LogP contribution in [0.25, 0.3) is 0 Å². The third-order valence-corrected chi connectivity index (χ3v) is 4.93. The van der Waals surface area contributed by atoms with Crippen molar-refractivity contribution in [1.29, 1.82) is 0 Å². The fourth-order valence-corrected chi connectivity index (χ4v) is 3.58. The summed E-state index contributed by atoms with van der Waals surface area (Å²) in [6.45, 7) is 6.88. The largest absolute Gasteiger partial charge is 0.393 e. The molecule has 88 valence electrons. The molecular formula is C14H26O. The van der Waals surface area contributed by atoms with Gasteiger partial charge in [-0.25, -0.2) is 0 Å². The van der Waals surface area contributed by atoms with Crippen LogP contribution in [-0.2, 0) is 0 Å². The van der Waals surface area contributed by atoms with E-state index in [9.17, 15) is 5.11 Å². The molecule has 0 heterocycles. The monoisotopic (exact) mass is 210 g/mol. The van der Waals surface area contributed by atoms with Crippen LogP contribution in [0.3, 0.4) is 0 Å². The molecule has 15 heavy (non-hydrogen) atoms. The topological polar surface area (TPSA) is 20.2 Å². The maximum absolute atomic E-state index is 10.5. The average Bonchev–Trinajstić information content (AvgIpc) is 2.86. The maximum Gasteiger partial charge on any atom is 0.0604 e. The van der Waals surface area contributed by atoms with Gasteiger partial charge in [0.05, 0.1) is 6.10 Å². The van der Waals surface area contributed by atoms with Crippen molar-refractivity contribution >= 4 is 0 Å². The molecule has 4 unspecified atom stereocenters. The van der Waals surface area contributed by atoms with Crippen LogP contribution in [0.15, 0.2) is 0 Å². The zero-order valence-electron chi connectivity index (χ0n) is 10.5. The molecule has 2 fully saturated rings. The van der Waals surface area contributed by atoms with Gasteiger partial charge < -0.3 is 5.11 Å². The van der Waals surface area contributed by atoms with E-state index in [1.165, 1.54) is 38.5 Å². The molecule has 0 aromatic carbocycles. The van der Waals surface area contributed by atoms with Crippen molar-refractivity contribution in [3.05, 3.63) is 0 Å². The molecule has 1 heteroatoms. The highest BCUT2D eigenvalue weighted by molar-refractivity contribution is 5.02. The van der Waals surface area contributed by atoms with E-state index in [1.54, 1.807) is 0 Å². The summed E-state index contributed by atoms with van der Waals surface area (Å²) < 4.78 is 0. The van der Waals surface area contributed by atoms with Crippen LogP contribution in [0, 0.1) is 23.2 Å². The number of aliphatic hydroxyl groups excluding tert-OH is 1. The molecule has 0 radical (unpaired) electrons. The second-order valence-corrected chi connectivity index (χ2v) is 6.41. The molecule has 1 nitrogen and oxygen atoms in total. The summed E-state index contributed by atoms with van der Waals surface area (Å²) in [6.07, 6.45) is 7.83. The first-order chi connectivity index (χ1) is 7.06. The smallest absolute Gasteiger partial charge is 0.0604 e. The lowest BCUT2D eigenvalue weighted by atomic mass is 9.73. The molecule has 0 aromatic heterocycles. The van der Waals surface area contributed by atoms with E-state index in [-0.39, 0.29) is 6.10 Å². The van der Waals surface area contributed by atoms with Gasteiger partial charge in [0.1, 0.15) is 0 Å². The van der Waals surface area contributed by atoms with Gasteiger partial charge in [-0.3, -0.25) is 0 Å². The molecule has 1 N–H and O–H groups in total. The van der Waals surface area contributed by atoms with Gasteiger partial charge in [-0.05, 0) is 36.0 Å². The summed E-state index contributed by atoms with van der Waals surface area (Å²) in [5, 5.41) is 10.5. The van der Waals surface area contributed by atoms with E-state index in [2.05, 4.69) is 20.8 Å². The van der Waals surface area contributed by atoms with Gasteiger partial charge in [-0.15, -0.1) is 0 Å². The molecule has 0 aliphatic heterocycles. The predicted octanol–water partition coefficient (Wildman–Crippen LogP) is 3.61. The Bertz CT molecular complexity index is 221. The summed E-state index contributed by atoms with van der Waals surface area (Å²) in [7, 11) is 0. The molecule has 0 amide bonds. The van der Waals surface area contributed by atoms with Crippen LogP contribution in [-0.4, -0.2) is 11.2 Å². The van der Waals surface area contributed by atoms with Gasteiger partial charge in [0.15, 0.2) is 0 Å². The second-order valence-electron chi connectivity index (χ2n) is 6.41. The molecule has 4 atom stereocenters. The number of rotatable bonds is 3. The van der Waals surface area contributed by atoms with Crippen molar-refractivity contribution in [3.63, 3.8) is 0 Å². The summed E-state index contributed by atoms with van der Waals surface area (Å²) in [5.74, 6) is 2.00. The van der Waals surface area contributed by atoms with Crippen molar-refractivity contribution in [2.24, 2.45) is 23.2 Å². The first kappa shape index (κ1) is 11.4. The third-order valence-electron chi connectivity index (χ3n) is 4.93. The Morgan fingerprint density at radius 2 is 1.87 bits per heavy atom. The van der Waals surface area contributed by atoms with Gasteiger partial charge in [-0.2, -0.15) is 0 Å². The Morgan fingerprint density at radius 1 is 1.27 bits per heavy atom. The highest BCUT2D eigenvalue weighted by atomic mass is 16.3. The molecule has 2 rings (SSSR count). The van der Waals surface area contributed by atoms with Crippen molar-refractivity contribution in [2.75, 3.05) is 0 Å². The van der Waals surface area contributed by atoms with Gasteiger partial charge in [0.2, 0.25) is 0 Å². The highest BCUT2D eigenvalue weighted by Crippen LogP contribution is 2.56. The maximum atomic E-state index is 10.5. The normalized spacial score (nSPS) is 41.2. The SMILES string of the molecule is CCC1CCCCC1C(O)C1CC1(C)C. The van der Waals surface area contributed by atoms with E-state index in [4.69, 9.17) is 0 Å². The molecule has 0 saturated heterocycles. The van der Waals surface area contributed by atoms with Crippen LogP contribution in [0.2, 0.25) is 0 Å². The molecular weight excluding hydrogens is 184 g/mol. The number of aliphatic hydroxyl groups is 1. The van der Waals surface area contributed by atoms with Gasteiger partial charge in [-0.1, -0.05) is 46.5 Å². The molecule has 0 bridgehead atoms. The average molecular weight is 210 g/mol. The van der Waals surface area contributed by atoms with Crippen molar-refractivity contribution in [2.45, 2.75) is 65.4 Å². The van der Waals surface area contributed by atoms with E-state index in [0.29, 0.717) is 17.3 Å². The molecule has 2 aliphatic rings. The quantitative estimate of drug-likeness (QED) is 0.754.